The molecule has 0 fully saturated rings. The van der Waals surface area contributed by atoms with E-state index in [9.17, 15) is 14.4 Å². The fourth-order valence-electron chi connectivity index (χ4n) is 0.854. The van der Waals surface area contributed by atoms with Crippen molar-refractivity contribution >= 4 is 17.9 Å². The molecule has 0 rings (SSSR count). The summed E-state index contributed by atoms with van der Waals surface area (Å²) in [5, 5.41) is 21.5. The lowest BCUT2D eigenvalue weighted by molar-refractivity contribution is -0.139. The van der Waals surface area contributed by atoms with E-state index in [2.05, 4.69) is 10.6 Å². The maximum absolute atomic E-state index is 11.2. The monoisotopic (exact) mass is 233 g/mol. The topological polar surface area (TPSA) is 142 Å². The van der Waals surface area contributed by atoms with E-state index in [0.717, 1.165) is 0 Å². The summed E-state index contributed by atoms with van der Waals surface area (Å²) in [5.74, 6) is -2.00. The lowest BCUT2D eigenvalue weighted by atomic mass is 10.2. The molecule has 92 valence electrons. The minimum absolute atomic E-state index is 0.117. The van der Waals surface area contributed by atoms with E-state index in [1.807, 2.05) is 0 Å². The fraction of sp³-hybridized carbons (Fsp3) is 0.625. The van der Waals surface area contributed by atoms with Crippen LogP contribution in [0.2, 0.25) is 0 Å². The van der Waals surface area contributed by atoms with Crippen LogP contribution in [-0.4, -0.2) is 46.8 Å². The van der Waals surface area contributed by atoms with E-state index in [-0.39, 0.29) is 13.0 Å². The van der Waals surface area contributed by atoms with Crippen LogP contribution in [0.5, 0.6) is 0 Å². The van der Waals surface area contributed by atoms with Gasteiger partial charge in [-0.25, -0.2) is 9.59 Å². The number of primary amides is 1. The Bertz CT molecular complexity index is 281. The normalized spacial score (nSPS) is 13.6. The summed E-state index contributed by atoms with van der Waals surface area (Å²) >= 11 is 0. The lowest BCUT2D eigenvalue weighted by Crippen LogP contribution is -2.51. The van der Waals surface area contributed by atoms with Crippen LogP contribution in [0.15, 0.2) is 0 Å². The number of rotatable bonds is 6. The van der Waals surface area contributed by atoms with Gasteiger partial charge in [-0.15, -0.1) is 0 Å². The SMILES string of the molecule is CC(NC(=O)N[C@H](CCO)C(=O)O)C(N)=O. The van der Waals surface area contributed by atoms with E-state index >= 15 is 0 Å². The molecule has 0 aliphatic rings. The Balaban J connectivity index is 4.19. The van der Waals surface area contributed by atoms with E-state index < -0.39 is 30.0 Å². The van der Waals surface area contributed by atoms with Crippen LogP contribution in [0.25, 0.3) is 0 Å². The molecule has 0 aliphatic carbocycles. The smallest absolute Gasteiger partial charge is 0.326 e. The van der Waals surface area contributed by atoms with Crippen LogP contribution in [0.3, 0.4) is 0 Å². The second-order valence-corrected chi connectivity index (χ2v) is 3.14. The fourth-order valence-corrected chi connectivity index (χ4v) is 0.854. The van der Waals surface area contributed by atoms with Crippen LogP contribution in [-0.2, 0) is 9.59 Å². The second kappa shape index (κ2) is 6.62. The van der Waals surface area contributed by atoms with Crippen LogP contribution in [0, 0.1) is 0 Å². The van der Waals surface area contributed by atoms with Crippen molar-refractivity contribution in [1.82, 2.24) is 10.6 Å². The van der Waals surface area contributed by atoms with Crippen molar-refractivity contribution in [3.63, 3.8) is 0 Å². The summed E-state index contributed by atoms with van der Waals surface area (Å²) in [6.45, 7) is 0.992. The lowest BCUT2D eigenvalue weighted by Gasteiger charge is -2.15. The molecule has 8 heteroatoms. The predicted octanol–water partition coefficient (Wildman–Crippen LogP) is -2.00. The Labute approximate surface area is 91.8 Å². The average Bonchev–Trinajstić information content (AvgIpc) is 2.16. The average molecular weight is 233 g/mol. The first-order valence-electron chi connectivity index (χ1n) is 4.58. The first-order valence-corrected chi connectivity index (χ1v) is 4.58. The zero-order chi connectivity index (χ0) is 12.7. The van der Waals surface area contributed by atoms with Gasteiger partial charge in [0.2, 0.25) is 5.91 Å². The molecule has 0 saturated carbocycles. The Morgan fingerprint density at radius 3 is 2.25 bits per heavy atom. The molecule has 0 aromatic heterocycles. The van der Waals surface area contributed by atoms with Crippen molar-refractivity contribution < 1.29 is 24.6 Å². The number of nitrogens with one attached hydrogen (secondary N) is 2. The molecule has 0 bridgehead atoms. The Kier molecular flexibility index (Phi) is 5.86. The summed E-state index contributed by atoms with van der Waals surface area (Å²) in [5.41, 5.74) is 4.90. The number of amides is 3. The van der Waals surface area contributed by atoms with Gasteiger partial charge in [-0.1, -0.05) is 0 Å². The quantitative estimate of drug-likeness (QED) is 0.360. The minimum atomic E-state index is -1.27. The maximum Gasteiger partial charge on any atom is 0.326 e. The molecule has 0 spiro atoms. The van der Waals surface area contributed by atoms with Gasteiger partial charge in [0, 0.05) is 13.0 Å². The number of carboxylic acid groups (broad SMARTS) is 1. The first kappa shape index (κ1) is 14.2. The van der Waals surface area contributed by atoms with Gasteiger partial charge < -0.3 is 26.6 Å². The molecule has 0 aromatic carbocycles. The molecule has 8 nitrogen and oxygen atoms in total. The second-order valence-electron chi connectivity index (χ2n) is 3.14. The number of aliphatic hydroxyl groups excluding tert-OH is 1. The summed E-state index contributed by atoms with van der Waals surface area (Å²) in [6, 6.07) is -2.93. The third-order valence-electron chi connectivity index (χ3n) is 1.80. The highest BCUT2D eigenvalue weighted by Crippen LogP contribution is 1.91. The van der Waals surface area contributed by atoms with Gasteiger partial charge in [-0.2, -0.15) is 0 Å². The van der Waals surface area contributed by atoms with Crippen molar-refractivity contribution in [2.45, 2.75) is 25.4 Å². The number of aliphatic hydroxyl groups is 1. The molecular weight excluding hydrogens is 218 g/mol. The van der Waals surface area contributed by atoms with Crippen LogP contribution in [0.4, 0.5) is 4.79 Å². The summed E-state index contributed by atoms with van der Waals surface area (Å²) < 4.78 is 0. The van der Waals surface area contributed by atoms with Crippen molar-refractivity contribution in [2.24, 2.45) is 5.73 Å². The van der Waals surface area contributed by atoms with Gasteiger partial charge in [-0.3, -0.25) is 4.79 Å². The van der Waals surface area contributed by atoms with Gasteiger partial charge in [-0.05, 0) is 6.92 Å². The van der Waals surface area contributed by atoms with Crippen molar-refractivity contribution in [3.05, 3.63) is 0 Å². The number of hydrogen-bond acceptors (Lipinski definition) is 4. The molecule has 1 unspecified atom stereocenters. The Morgan fingerprint density at radius 2 is 1.88 bits per heavy atom. The van der Waals surface area contributed by atoms with E-state index in [4.69, 9.17) is 15.9 Å². The van der Waals surface area contributed by atoms with E-state index in [1.54, 1.807) is 0 Å². The maximum atomic E-state index is 11.2. The molecular formula is C8H15N3O5. The van der Waals surface area contributed by atoms with Crippen molar-refractivity contribution in [1.29, 1.82) is 0 Å². The number of carbonyl (C=O) groups is 3. The molecule has 0 radical (unpaired) electrons. The zero-order valence-corrected chi connectivity index (χ0v) is 8.77. The molecule has 0 aliphatic heterocycles. The number of carbonyl (C=O) groups excluding carboxylic acids is 2. The van der Waals surface area contributed by atoms with Gasteiger partial charge >= 0.3 is 12.0 Å². The zero-order valence-electron chi connectivity index (χ0n) is 8.77. The molecule has 0 saturated heterocycles. The van der Waals surface area contributed by atoms with E-state index in [0.29, 0.717) is 0 Å². The number of nitrogens with two attached hydrogens (primary N) is 1. The largest absolute Gasteiger partial charge is 0.480 e. The van der Waals surface area contributed by atoms with Crippen LogP contribution < -0.4 is 16.4 Å². The highest BCUT2D eigenvalue weighted by molar-refractivity contribution is 5.87. The summed E-state index contributed by atoms with van der Waals surface area (Å²) in [7, 11) is 0. The molecule has 6 N–H and O–H groups in total. The van der Waals surface area contributed by atoms with Gasteiger partial charge in [0.25, 0.3) is 0 Å². The molecule has 3 amide bonds. The standard InChI is InChI=1S/C8H15N3O5/c1-4(6(9)13)10-8(16)11-5(2-3-12)7(14)15/h4-5,12H,2-3H2,1H3,(H2,9,13)(H,14,15)(H2,10,11,16)/t4?,5-/m1/s1. The number of hydrogen-bond donors (Lipinski definition) is 5. The van der Waals surface area contributed by atoms with Crippen LogP contribution >= 0.6 is 0 Å². The number of carboxylic acids is 1. The third kappa shape index (κ3) is 5.15. The molecule has 16 heavy (non-hydrogen) atoms. The summed E-state index contributed by atoms with van der Waals surface area (Å²) in [6.07, 6.45) is -0.117. The Hall–Kier alpha value is -1.83. The number of aliphatic carboxylic acids is 1. The first-order chi connectivity index (χ1) is 7.38. The van der Waals surface area contributed by atoms with Crippen molar-refractivity contribution in [3.8, 4) is 0 Å². The highest BCUT2D eigenvalue weighted by Gasteiger charge is 2.20. The van der Waals surface area contributed by atoms with Crippen LogP contribution in [0.1, 0.15) is 13.3 Å². The number of urea groups is 1. The van der Waals surface area contributed by atoms with Crippen molar-refractivity contribution in [2.75, 3.05) is 6.61 Å². The summed E-state index contributed by atoms with van der Waals surface area (Å²) in [4.78, 5) is 32.4. The Morgan fingerprint density at radius 1 is 1.31 bits per heavy atom. The van der Waals surface area contributed by atoms with Gasteiger partial charge in [0.05, 0.1) is 0 Å². The molecule has 0 aromatic rings. The predicted molar refractivity (Wildman–Crippen MR) is 53.5 cm³/mol. The van der Waals surface area contributed by atoms with Gasteiger partial charge in [0.15, 0.2) is 0 Å². The van der Waals surface area contributed by atoms with Gasteiger partial charge in [0.1, 0.15) is 12.1 Å². The minimum Gasteiger partial charge on any atom is -0.480 e. The third-order valence-corrected chi connectivity index (χ3v) is 1.80. The highest BCUT2D eigenvalue weighted by atomic mass is 16.4. The molecule has 2 atom stereocenters. The van der Waals surface area contributed by atoms with E-state index in [1.165, 1.54) is 6.92 Å². The molecule has 0 heterocycles.